The molecule has 7 rings (SSSR count). The van der Waals surface area contributed by atoms with Gasteiger partial charge in [-0.3, -0.25) is 0 Å². The first-order valence-corrected chi connectivity index (χ1v) is 11.9. The van der Waals surface area contributed by atoms with E-state index in [9.17, 15) is 13.2 Å². The highest BCUT2D eigenvalue weighted by Gasteiger charge is 2.51. The van der Waals surface area contributed by atoms with Crippen molar-refractivity contribution in [3.63, 3.8) is 0 Å². The number of para-hydroxylation sites is 2. The van der Waals surface area contributed by atoms with Gasteiger partial charge in [0, 0.05) is 28.9 Å². The molecule has 0 amide bonds. The lowest BCUT2D eigenvalue weighted by molar-refractivity contribution is -0.134. The quantitative estimate of drug-likeness (QED) is 0.433. The van der Waals surface area contributed by atoms with Gasteiger partial charge in [0.05, 0.1) is 12.0 Å². The van der Waals surface area contributed by atoms with Crippen LogP contribution in [0.5, 0.6) is 17.2 Å². The van der Waals surface area contributed by atoms with Gasteiger partial charge in [0.1, 0.15) is 18.5 Å². The second kappa shape index (κ2) is 7.35. The van der Waals surface area contributed by atoms with E-state index >= 15 is 0 Å². The molecule has 36 heavy (non-hydrogen) atoms. The van der Waals surface area contributed by atoms with E-state index in [1.807, 2.05) is 48.5 Å². The third-order valence-corrected chi connectivity index (χ3v) is 7.61. The number of fused-ring (bicyclic) bond motifs is 7. The van der Waals surface area contributed by atoms with Crippen LogP contribution in [0.1, 0.15) is 23.6 Å². The average Bonchev–Trinajstić information content (AvgIpc) is 3.58. The fourth-order valence-electron chi connectivity index (χ4n) is 5.90. The summed E-state index contributed by atoms with van der Waals surface area (Å²) in [5, 5.41) is 0. The van der Waals surface area contributed by atoms with Crippen molar-refractivity contribution < 1.29 is 32.1 Å². The van der Waals surface area contributed by atoms with E-state index in [1.165, 1.54) is 6.08 Å². The average molecular weight is 493 g/mol. The number of hydrogen-bond acceptors (Lipinski definition) is 5. The van der Waals surface area contributed by atoms with Crippen molar-refractivity contribution in [2.75, 3.05) is 24.8 Å². The Morgan fingerprint density at radius 3 is 2.14 bits per heavy atom. The lowest BCUT2D eigenvalue weighted by atomic mass is 9.67. The molecule has 2 atom stereocenters. The zero-order chi connectivity index (χ0) is 24.7. The first-order chi connectivity index (χ1) is 17.4. The van der Waals surface area contributed by atoms with Gasteiger partial charge in [0.15, 0.2) is 17.3 Å². The normalized spacial score (nSPS) is 22.4. The van der Waals surface area contributed by atoms with E-state index in [2.05, 4.69) is 17.0 Å². The van der Waals surface area contributed by atoms with E-state index in [-0.39, 0.29) is 19.3 Å². The Bertz CT molecular complexity index is 1370. The number of rotatable bonds is 2. The maximum atomic E-state index is 13.4. The van der Waals surface area contributed by atoms with Crippen molar-refractivity contribution >= 4 is 11.4 Å². The van der Waals surface area contributed by atoms with Crippen LogP contribution in [0.3, 0.4) is 0 Å². The summed E-state index contributed by atoms with van der Waals surface area (Å²) in [6, 6.07) is 19.9. The Kier molecular flexibility index (Phi) is 4.38. The van der Waals surface area contributed by atoms with Crippen LogP contribution in [-0.2, 0) is 10.2 Å². The van der Waals surface area contributed by atoms with E-state index < -0.39 is 23.5 Å². The molecular formula is C28H22F3NO4. The lowest BCUT2D eigenvalue weighted by Gasteiger charge is -2.44. The van der Waals surface area contributed by atoms with Gasteiger partial charge in [-0.25, -0.2) is 0 Å². The Morgan fingerprint density at radius 2 is 1.50 bits per heavy atom. The van der Waals surface area contributed by atoms with Crippen molar-refractivity contribution in [2.45, 2.75) is 24.6 Å². The van der Waals surface area contributed by atoms with E-state index in [0.717, 1.165) is 33.8 Å². The highest BCUT2D eigenvalue weighted by Crippen LogP contribution is 2.59. The summed E-state index contributed by atoms with van der Waals surface area (Å²) in [6.45, 7) is 2.59. The van der Waals surface area contributed by atoms with Gasteiger partial charge in [-0.05, 0) is 35.4 Å². The van der Waals surface area contributed by atoms with Gasteiger partial charge in [0.25, 0.3) is 0 Å². The van der Waals surface area contributed by atoms with Gasteiger partial charge in [-0.15, -0.1) is 0 Å². The summed E-state index contributed by atoms with van der Waals surface area (Å²) < 4.78 is 63.0. The van der Waals surface area contributed by atoms with E-state index in [4.69, 9.17) is 18.9 Å². The molecule has 5 nitrogen and oxygen atoms in total. The molecule has 8 heteroatoms. The van der Waals surface area contributed by atoms with Crippen molar-refractivity contribution in [3.8, 4) is 17.2 Å². The molecule has 0 N–H and O–H groups in total. The van der Waals surface area contributed by atoms with Crippen LogP contribution in [0.25, 0.3) is 0 Å². The maximum Gasteiger partial charge on any atom is 0.448 e. The second-order valence-corrected chi connectivity index (χ2v) is 9.58. The third kappa shape index (κ3) is 2.90. The number of benzene rings is 3. The number of allylic oxidation sites excluding steroid dienone is 1. The Labute approximate surface area is 205 Å². The Hall–Kier alpha value is -3.81. The fraction of sp³-hybridized carbons (Fsp3) is 0.286. The molecule has 4 aliphatic heterocycles. The van der Waals surface area contributed by atoms with Gasteiger partial charge in [-0.2, -0.15) is 13.2 Å². The number of alkyl halides is 3. The molecule has 0 aromatic heterocycles. The number of halogens is 3. The highest BCUT2D eigenvalue weighted by molar-refractivity contribution is 5.82. The summed E-state index contributed by atoms with van der Waals surface area (Å²) >= 11 is 0. The van der Waals surface area contributed by atoms with Crippen molar-refractivity contribution in [1.29, 1.82) is 0 Å². The molecule has 1 spiro atoms. The van der Waals surface area contributed by atoms with Crippen LogP contribution in [-0.4, -0.2) is 32.2 Å². The van der Waals surface area contributed by atoms with Crippen LogP contribution in [0.2, 0.25) is 0 Å². The molecule has 2 unspecified atom stereocenters. The number of ether oxygens (including phenoxy) is 4. The SMILES string of the molecule is CC1C=C(C(F)(F)F)OC1CN1c2ccccc2C2(COc3cc4c(cc32)OCO4)c2ccccc21. The summed E-state index contributed by atoms with van der Waals surface area (Å²) in [6.07, 6.45) is -3.96. The minimum absolute atomic E-state index is 0.166. The number of hydrogen-bond donors (Lipinski definition) is 0. The smallest absolute Gasteiger partial charge is 0.448 e. The van der Waals surface area contributed by atoms with E-state index in [0.29, 0.717) is 18.1 Å². The van der Waals surface area contributed by atoms with E-state index in [1.54, 1.807) is 6.92 Å². The monoisotopic (exact) mass is 493 g/mol. The van der Waals surface area contributed by atoms with Crippen LogP contribution in [0.4, 0.5) is 24.5 Å². The van der Waals surface area contributed by atoms with Crippen molar-refractivity contribution in [3.05, 3.63) is 89.2 Å². The van der Waals surface area contributed by atoms with Gasteiger partial charge >= 0.3 is 6.18 Å². The molecule has 0 saturated heterocycles. The first-order valence-electron chi connectivity index (χ1n) is 11.9. The topological polar surface area (TPSA) is 40.2 Å². The minimum Gasteiger partial charge on any atom is -0.491 e. The first kappa shape index (κ1) is 21.5. The van der Waals surface area contributed by atoms with Gasteiger partial charge in [0.2, 0.25) is 6.79 Å². The zero-order valence-electron chi connectivity index (χ0n) is 19.3. The third-order valence-electron chi connectivity index (χ3n) is 7.61. The Balaban J connectivity index is 1.36. The molecule has 0 bridgehead atoms. The molecule has 184 valence electrons. The van der Waals surface area contributed by atoms with Crippen LogP contribution in [0.15, 0.2) is 72.5 Å². The van der Waals surface area contributed by atoms with Crippen LogP contribution < -0.4 is 19.1 Å². The van der Waals surface area contributed by atoms with Crippen molar-refractivity contribution in [2.24, 2.45) is 5.92 Å². The molecule has 3 aromatic carbocycles. The number of nitrogens with zero attached hydrogens (tertiary/aromatic N) is 1. The molecule has 0 aliphatic carbocycles. The predicted molar refractivity (Wildman–Crippen MR) is 126 cm³/mol. The second-order valence-electron chi connectivity index (χ2n) is 9.58. The number of anilines is 2. The minimum atomic E-state index is -4.50. The zero-order valence-corrected chi connectivity index (χ0v) is 19.3. The molecule has 3 aromatic rings. The molecule has 0 saturated carbocycles. The molecular weight excluding hydrogens is 471 g/mol. The predicted octanol–water partition coefficient (Wildman–Crippen LogP) is 6.07. The van der Waals surface area contributed by atoms with Crippen LogP contribution >= 0.6 is 0 Å². The Morgan fingerprint density at radius 1 is 0.861 bits per heavy atom. The van der Waals surface area contributed by atoms with Crippen LogP contribution in [0, 0.1) is 5.92 Å². The van der Waals surface area contributed by atoms with Crippen molar-refractivity contribution in [1.82, 2.24) is 0 Å². The van der Waals surface area contributed by atoms with Gasteiger partial charge in [-0.1, -0.05) is 43.3 Å². The maximum absolute atomic E-state index is 13.4. The lowest BCUT2D eigenvalue weighted by Crippen LogP contribution is -2.42. The summed E-state index contributed by atoms with van der Waals surface area (Å²) in [7, 11) is 0. The largest absolute Gasteiger partial charge is 0.491 e. The molecule has 4 aliphatic rings. The summed E-state index contributed by atoms with van der Waals surface area (Å²) in [4.78, 5) is 2.08. The molecule has 0 fully saturated rings. The summed E-state index contributed by atoms with van der Waals surface area (Å²) in [5.74, 6) is 0.778. The molecule has 4 heterocycles. The summed E-state index contributed by atoms with van der Waals surface area (Å²) in [5.41, 5.74) is 4.27. The standard InChI is InChI=1S/C28H22F3NO4/c1-16-10-26(28(29,30)31)36-25(16)13-32-20-8-4-2-6-17(20)27(18-7-3-5-9-21(18)32)14-33-22-12-24-23(11-19(22)27)34-15-35-24/h2-12,16,25H,13-15H2,1H3. The highest BCUT2D eigenvalue weighted by atomic mass is 19.4. The molecule has 0 radical (unpaired) electrons. The van der Waals surface area contributed by atoms with Gasteiger partial charge < -0.3 is 23.8 Å². The fourth-order valence-corrected chi connectivity index (χ4v) is 5.90.